The summed E-state index contributed by atoms with van der Waals surface area (Å²) in [6.45, 7) is 4.31. The van der Waals surface area contributed by atoms with Crippen molar-refractivity contribution in [2.24, 2.45) is 5.92 Å². The number of hydrogen-bond donors (Lipinski definition) is 2. The lowest BCUT2D eigenvalue weighted by molar-refractivity contribution is -0.119. The summed E-state index contributed by atoms with van der Waals surface area (Å²) in [7, 11) is 0. The molecule has 1 fully saturated rings. The number of amides is 1. The van der Waals surface area contributed by atoms with E-state index in [1.54, 1.807) is 0 Å². The van der Waals surface area contributed by atoms with Crippen LogP contribution in [-0.4, -0.2) is 25.6 Å². The summed E-state index contributed by atoms with van der Waals surface area (Å²) in [5.74, 6) is 1.02. The largest absolute Gasteiger partial charge is 0.494 e. The number of carbonyl (C=O) groups is 1. The fourth-order valence-corrected chi connectivity index (χ4v) is 1.92. The molecule has 0 aromatic heterocycles. The van der Waals surface area contributed by atoms with Crippen molar-refractivity contribution >= 4 is 11.6 Å². The molecule has 1 atom stereocenters. The van der Waals surface area contributed by atoms with E-state index in [2.05, 4.69) is 10.6 Å². The third-order valence-electron chi connectivity index (χ3n) is 2.86. The van der Waals surface area contributed by atoms with Gasteiger partial charge in [0.25, 0.3) is 0 Å². The predicted molar refractivity (Wildman–Crippen MR) is 67.2 cm³/mol. The fraction of sp³-hybridized carbons (Fsp3) is 0.462. The summed E-state index contributed by atoms with van der Waals surface area (Å²) in [6, 6.07) is 7.47. The van der Waals surface area contributed by atoms with E-state index in [1.807, 2.05) is 31.2 Å². The van der Waals surface area contributed by atoms with Crippen LogP contribution in [0.3, 0.4) is 0 Å². The van der Waals surface area contributed by atoms with Gasteiger partial charge in [-0.1, -0.05) is 0 Å². The van der Waals surface area contributed by atoms with Crippen molar-refractivity contribution in [1.29, 1.82) is 0 Å². The van der Waals surface area contributed by atoms with Crippen molar-refractivity contribution in [3.63, 3.8) is 0 Å². The van der Waals surface area contributed by atoms with E-state index in [-0.39, 0.29) is 11.8 Å². The second-order valence-corrected chi connectivity index (χ2v) is 4.14. The molecule has 4 nitrogen and oxygen atoms in total. The topological polar surface area (TPSA) is 50.4 Å². The fourth-order valence-electron chi connectivity index (χ4n) is 1.92. The molecule has 2 rings (SSSR count). The number of rotatable bonds is 4. The quantitative estimate of drug-likeness (QED) is 0.832. The van der Waals surface area contributed by atoms with E-state index < -0.39 is 0 Å². The van der Waals surface area contributed by atoms with E-state index in [4.69, 9.17) is 4.74 Å². The third-order valence-corrected chi connectivity index (χ3v) is 2.86. The van der Waals surface area contributed by atoms with Crippen molar-refractivity contribution in [2.45, 2.75) is 13.3 Å². The molecule has 4 heteroatoms. The van der Waals surface area contributed by atoms with Gasteiger partial charge in [-0.3, -0.25) is 4.79 Å². The maximum Gasteiger partial charge on any atom is 0.228 e. The number of anilines is 1. The lowest BCUT2D eigenvalue weighted by Crippen LogP contribution is -2.24. The zero-order chi connectivity index (χ0) is 12.1. The van der Waals surface area contributed by atoms with Crippen molar-refractivity contribution in [1.82, 2.24) is 5.32 Å². The molecule has 17 heavy (non-hydrogen) atoms. The first-order chi connectivity index (χ1) is 8.29. The summed E-state index contributed by atoms with van der Waals surface area (Å²) < 4.78 is 5.34. The highest BCUT2D eigenvalue weighted by Crippen LogP contribution is 2.17. The maximum absolute atomic E-state index is 11.8. The Labute approximate surface area is 101 Å². The molecule has 1 aromatic rings. The number of ether oxygens (including phenoxy) is 1. The average Bonchev–Trinajstić information content (AvgIpc) is 2.86. The Morgan fingerprint density at radius 1 is 1.47 bits per heavy atom. The third kappa shape index (κ3) is 3.20. The minimum atomic E-state index is 0.0964. The van der Waals surface area contributed by atoms with Gasteiger partial charge in [0.05, 0.1) is 12.5 Å². The Morgan fingerprint density at radius 2 is 2.24 bits per heavy atom. The number of carbonyl (C=O) groups excluding carboxylic acids is 1. The van der Waals surface area contributed by atoms with Crippen LogP contribution >= 0.6 is 0 Å². The highest BCUT2D eigenvalue weighted by Gasteiger charge is 2.22. The van der Waals surface area contributed by atoms with Gasteiger partial charge < -0.3 is 15.4 Å². The van der Waals surface area contributed by atoms with Crippen LogP contribution < -0.4 is 15.4 Å². The van der Waals surface area contributed by atoms with E-state index in [0.29, 0.717) is 6.61 Å². The first-order valence-corrected chi connectivity index (χ1v) is 6.04. The van der Waals surface area contributed by atoms with Gasteiger partial charge in [0.15, 0.2) is 0 Å². The molecule has 0 spiro atoms. The van der Waals surface area contributed by atoms with Crippen LogP contribution in [0.1, 0.15) is 13.3 Å². The van der Waals surface area contributed by atoms with Crippen molar-refractivity contribution in [3.05, 3.63) is 24.3 Å². The molecule has 1 unspecified atom stereocenters. The normalized spacial score (nSPS) is 19.0. The molecule has 1 heterocycles. The van der Waals surface area contributed by atoms with Crippen LogP contribution in [0.5, 0.6) is 5.75 Å². The average molecular weight is 234 g/mol. The summed E-state index contributed by atoms with van der Waals surface area (Å²) in [5, 5.41) is 6.10. The van der Waals surface area contributed by atoms with Gasteiger partial charge in [-0.05, 0) is 44.2 Å². The van der Waals surface area contributed by atoms with Crippen molar-refractivity contribution in [3.8, 4) is 5.75 Å². The van der Waals surface area contributed by atoms with Gasteiger partial charge >= 0.3 is 0 Å². The SMILES string of the molecule is CCOc1ccc(NC(=O)C2CCNC2)cc1. The Bertz CT molecular complexity index is 370. The molecular weight excluding hydrogens is 216 g/mol. The predicted octanol–water partition coefficient (Wildman–Crippen LogP) is 1.63. The summed E-state index contributed by atoms with van der Waals surface area (Å²) in [6.07, 6.45) is 0.920. The molecule has 1 amide bonds. The Balaban J connectivity index is 1.91. The molecule has 0 radical (unpaired) electrons. The Kier molecular flexibility index (Phi) is 3.98. The second-order valence-electron chi connectivity index (χ2n) is 4.14. The smallest absolute Gasteiger partial charge is 0.228 e. The molecule has 92 valence electrons. The Hall–Kier alpha value is -1.55. The zero-order valence-electron chi connectivity index (χ0n) is 10.0. The van der Waals surface area contributed by atoms with Crippen molar-refractivity contribution in [2.75, 3.05) is 25.0 Å². The van der Waals surface area contributed by atoms with Crippen LogP contribution in [-0.2, 0) is 4.79 Å². The number of nitrogens with one attached hydrogen (secondary N) is 2. The van der Waals surface area contributed by atoms with E-state index in [9.17, 15) is 4.79 Å². The van der Waals surface area contributed by atoms with E-state index in [1.165, 1.54) is 0 Å². The Morgan fingerprint density at radius 3 is 2.82 bits per heavy atom. The van der Waals surface area contributed by atoms with Gasteiger partial charge in [-0.25, -0.2) is 0 Å². The highest BCUT2D eigenvalue weighted by molar-refractivity contribution is 5.92. The molecule has 1 aromatic carbocycles. The lowest BCUT2D eigenvalue weighted by Gasteiger charge is -2.10. The van der Waals surface area contributed by atoms with Crippen LogP contribution in [0.15, 0.2) is 24.3 Å². The molecule has 1 aliphatic heterocycles. The molecule has 1 saturated heterocycles. The molecule has 1 aliphatic rings. The molecule has 0 saturated carbocycles. The first-order valence-electron chi connectivity index (χ1n) is 6.04. The van der Waals surface area contributed by atoms with Crippen LogP contribution in [0, 0.1) is 5.92 Å². The van der Waals surface area contributed by atoms with Gasteiger partial charge in [0.1, 0.15) is 5.75 Å². The van der Waals surface area contributed by atoms with Gasteiger partial charge in [-0.2, -0.15) is 0 Å². The lowest BCUT2D eigenvalue weighted by atomic mass is 10.1. The summed E-state index contributed by atoms with van der Waals surface area (Å²) in [4.78, 5) is 11.8. The number of benzene rings is 1. The van der Waals surface area contributed by atoms with Crippen LogP contribution in [0.25, 0.3) is 0 Å². The summed E-state index contributed by atoms with van der Waals surface area (Å²) >= 11 is 0. The molecular formula is C13H18N2O2. The second kappa shape index (κ2) is 5.68. The monoisotopic (exact) mass is 234 g/mol. The zero-order valence-corrected chi connectivity index (χ0v) is 10.0. The van der Waals surface area contributed by atoms with E-state index >= 15 is 0 Å². The highest BCUT2D eigenvalue weighted by atomic mass is 16.5. The van der Waals surface area contributed by atoms with Gasteiger partial charge in [-0.15, -0.1) is 0 Å². The minimum absolute atomic E-state index is 0.0964. The molecule has 0 aliphatic carbocycles. The molecule has 2 N–H and O–H groups in total. The van der Waals surface area contributed by atoms with Crippen molar-refractivity contribution < 1.29 is 9.53 Å². The summed E-state index contributed by atoms with van der Waals surface area (Å²) in [5.41, 5.74) is 0.824. The van der Waals surface area contributed by atoms with Gasteiger partial charge in [0.2, 0.25) is 5.91 Å². The van der Waals surface area contributed by atoms with Gasteiger partial charge in [0, 0.05) is 12.2 Å². The number of hydrogen-bond acceptors (Lipinski definition) is 3. The van der Waals surface area contributed by atoms with Crippen LogP contribution in [0.4, 0.5) is 5.69 Å². The van der Waals surface area contributed by atoms with Crippen LogP contribution in [0.2, 0.25) is 0 Å². The molecule has 0 bridgehead atoms. The standard InChI is InChI=1S/C13H18N2O2/c1-2-17-12-5-3-11(4-6-12)15-13(16)10-7-8-14-9-10/h3-6,10,14H,2,7-9H2,1H3,(H,15,16). The first kappa shape index (κ1) is 11.9. The minimum Gasteiger partial charge on any atom is -0.494 e. The maximum atomic E-state index is 11.8. The van der Waals surface area contributed by atoms with E-state index in [0.717, 1.165) is 30.9 Å².